The smallest absolute Gasteiger partial charge is 0.271 e. The van der Waals surface area contributed by atoms with E-state index < -0.39 is 0 Å². The maximum absolute atomic E-state index is 12.5. The Kier molecular flexibility index (Phi) is 6.23. The molecule has 0 saturated carbocycles. The number of oxime groups is 1. The lowest BCUT2D eigenvalue weighted by atomic mass is 10.1. The van der Waals surface area contributed by atoms with Crippen LogP contribution in [0.3, 0.4) is 0 Å². The maximum atomic E-state index is 12.5. The van der Waals surface area contributed by atoms with Crippen molar-refractivity contribution in [1.29, 1.82) is 0 Å². The third-order valence-electron chi connectivity index (χ3n) is 5.78. The summed E-state index contributed by atoms with van der Waals surface area (Å²) in [5.74, 6) is 1.02. The van der Waals surface area contributed by atoms with Crippen LogP contribution in [0.25, 0.3) is 0 Å². The molecule has 1 aromatic carbocycles. The van der Waals surface area contributed by atoms with Crippen molar-refractivity contribution in [2.24, 2.45) is 5.16 Å². The first-order valence-corrected chi connectivity index (χ1v) is 10.8. The molecule has 0 spiro atoms. The van der Waals surface area contributed by atoms with Crippen LogP contribution in [0.1, 0.15) is 33.1 Å². The highest BCUT2D eigenvalue weighted by Crippen LogP contribution is 2.30. The van der Waals surface area contributed by atoms with Gasteiger partial charge in [0.1, 0.15) is 17.6 Å². The molecule has 2 saturated heterocycles. The van der Waals surface area contributed by atoms with Gasteiger partial charge in [0.25, 0.3) is 5.91 Å². The fourth-order valence-electron chi connectivity index (χ4n) is 4.29. The standard InChI is InChI=1S/C22H32N4O3/c1-17(2)28-21-8-4-3-7-20(21)25-13-11-24(12-14-25)16-18-15-19(23-29-18)22(27)26-9-5-6-10-26/h3-4,7-8,17-18H,5-6,9-16H2,1-2H3. The number of carbonyl (C=O) groups is 1. The van der Waals surface area contributed by atoms with Gasteiger partial charge in [-0.1, -0.05) is 17.3 Å². The monoisotopic (exact) mass is 400 g/mol. The number of hydrogen-bond acceptors (Lipinski definition) is 6. The summed E-state index contributed by atoms with van der Waals surface area (Å²) in [5.41, 5.74) is 1.76. The van der Waals surface area contributed by atoms with E-state index >= 15 is 0 Å². The zero-order valence-corrected chi connectivity index (χ0v) is 17.5. The molecule has 0 bridgehead atoms. The van der Waals surface area contributed by atoms with Gasteiger partial charge in [-0.15, -0.1) is 0 Å². The number of para-hydroxylation sites is 2. The van der Waals surface area contributed by atoms with Gasteiger partial charge in [-0.2, -0.15) is 0 Å². The van der Waals surface area contributed by atoms with Crippen molar-refractivity contribution in [2.45, 2.75) is 45.3 Å². The molecule has 0 radical (unpaired) electrons. The number of nitrogens with zero attached hydrogens (tertiary/aromatic N) is 4. The van der Waals surface area contributed by atoms with Crippen molar-refractivity contribution in [3.63, 3.8) is 0 Å². The lowest BCUT2D eigenvalue weighted by Gasteiger charge is -2.37. The fraction of sp³-hybridized carbons (Fsp3) is 0.636. The van der Waals surface area contributed by atoms with E-state index in [9.17, 15) is 4.79 Å². The second-order valence-electron chi connectivity index (χ2n) is 8.39. The first-order valence-electron chi connectivity index (χ1n) is 10.8. The number of ether oxygens (including phenoxy) is 1. The Hall–Kier alpha value is -2.28. The predicted molar refractivity (Wildman–Crippen MR) is 114 cm³/mol. The van der Waals surface area contributed by atoms with E-state index in [4.69, 9.17) is 9.57 Å². The molecular formula is C22H32N4O3. The van der Waals surface area contributed by atoms with E-state index in [1.165, 1.54) is 5.69 Å². The minimum atomic E-state index is -0.0142. The Bertz CT molecular complexity index is 737. The molecule has 29 heavy (non-hydrogen) atoms. The van der Waals surface area contributed by atoms with Crippen LogP contribution in [-0.2, 0) is 9.63 Å². The number of amides is 1. The Balaban J connectivity index is 1.25. The normalized spacial score (nSPS) is 22.7. The molecule has 1 aromatic rings. The van der Waals surface area contributed by atoms with Crippen LogP contribution in [0.15, 0.2) is 29.4 Å². The highest BCUT2D eigenvalue weighted by molar-refractivity contribution is 6.39. The van der Waals surface area contributed by atoms with Crippen LogP contribution in [0.5, 0.6) is 5.75 Å². The van der Waals surface area contributed by atoms with Crippen LogP contribution < -0.4 is 9.64 Å². The van der Waals surface area contributed by atoms with Gasteiger partial charge >= 0.3 is 0 Å². The maximum Gasteiger partial charge on any atom is 0.271 e. The van der Waals surface area contributed by atoms with Gasteiger partial charge in [0.05, 0.1) is 11.8 Å². The van der Waals surface area contributed by atoms with Crippen LogP contribution in [0.4, 0.5) is 5.69 Å². The highest BCUT2D eigenvalue weighted by atomic mass is 16.6. The van der Waals surface area contributed by atoms with Crippen LogP contribution in [0.2, 0.25) is 0 Å². The quantitative estimate of drug-likeness (QED) is 0.734. The zero-order chi connectivity index (χ0) is 20.2. The Morgan fingerprint density at radius 1 is 1.14 bits per heavy atom. The van der Waals surface area contributed by atoms with Gasteiger partial charge in [-0.25, -0.2) is 0 Å². The number of benzene rings is 1. The topological polar surface area (TPSA) is 57.6 Å². The van der Waals surface area contributed by atoms with Gasteiger partial charge in [-0.3, -0.25) is 9.69 Å². The summed E-state index contributed by atoms with van der Waals surface area (Å²) in [4.78, 5) is 24.8. The summed E-state index contributed by atoms with van der Waals surface area (Å²) >= 11 is 0. The molecule has 158 valence electrons. The van der Waals surface area contributed by atoms with Crippen molar-refractivity contribution in [2.75, 3.05) is 50.7 Å². The van der Waals surface area contributed by atoms with Crippen molar-refractivity contribution in [3.05, 3.63) is 24.3 Å². The molecular weight excluding hydrogens is 368 g/mol. The van der Waals surface area contributed by atoms with Gasteiger partial charge in [0.15, 0.2) is 0 Å². The summed E-state index contributed by atoms with van der Waals surface area (Å²) in [6.07, 6.45) is 2.97. The Morgan fingerprint density at radius 2 is 1.86 bits per heavy atom. The summed E-state index contributed by atoms with van der Waals surface area (Å²) < 4.78 is 5.98. The number of piperazine rings is 1. The lowest BCUT2D eigenvalue weighted by molar-refractivity contribution is -0.123. The van der Waals surface area contributed by atoms with Gasteiger partial charge < -0.3 is 19.4 Å². The number of rotatable bonds is 6. The lowest BCUT2D eigenvalue weighted by Crippen LogP contribution is -2.48. The molecule has 7 heteroatoms. The summed E-state index contributed by atoms with van der Waals surface area (Å²) in [5, 5.41) is 4.10. The average molecular weight is 401 g/mol. The third kappa shape index (κ3) is 4.83. The molecule has 0 N–H and O–H groups in total. The molecule has 0 aromatic heterocycles. The van der Waals surface area contributed by atoms with Gasteiger partial charge in [-0.05, 0) is 38.8 Å². The molecule has 1 amide bonds. The van der Waals surface area contributed by atoms with Gasteiger partial charge in [0, 0.05) is 52.2 Å². The Morgan fingerprint density at radius 3 is 2.59 bits per heavy atom. The zero-order valence-electron chi connectivity index (χ0n) is 17.5. The molecule has 1 atom stereocenters. The molecule has 3 aliphatic heterocycles. The first kappa shape index (κ1) is 20.0. The number of carbonyl (C=O) groups excluding carboxylic acids is 1. The van der Waals surface area contributed by atoms with E-state index in [-0.39, 0.29) is 18.1 Å². The third-order valence-corrected chi connectivity index (χ3v) is 5.78. The summed E-state index contributed by atoms with van der Waals surface area (Å²) in [6, 6.07) is 8.27. The van der Waals surface area contributed by atoms with E-state index in [0.29, 0.717) is 12.1 Å². The van der Waals surface area contributed by atoms with Crippen LogP contribution >= 0.6 is 0 Å². The minimum absolute atomic E-state index is 0.0142. The molecule has 3 heterocycles. The van der Waals surface area contributed by atoms with E-state index in [1.54, 1.807) is 0 Å². The minimum Gasteiger partial charge on any atom is -0.489 e. The van der Waals surface area contributed by atoms with Crippen molar-refractivity contribution in [1.82, 2.24) is 9.80 Å². The van der Waals surface area contributed by atoms with E-state index in [2.05, 4.69) is 40.9 Å². The molecule has 4 rings (SSSR count). The summed E-state index contributed by atoms with van der Waals surface area (Å²) in [7, 11) is 0. The summed E-state index contributed by atoms with van der Waals surface area (Å²) in [6.45, 7) is 10.5. The Labute approximate surface area is 173 Å². The van der Waals surface area contributed by atoms with Crippen molar-refractivity contribution in [3.8, 4) is 5.75 Å². The van der Waals surface area contributed by atoms with E-state index in [1.807, 2.05) is 17.0 Å². The highest BCUT2D eigenvalue weighted by Gasteiger charge is 2.32. The van der Waals surface area contributed by atoms with Crippen molar-refractivity contribution < 1.29 is 14.4 Å². The molecule has 7 nitrogen and oxygen atoms in total. The molecule has 2 fully saturated rings. The fourth-order valence-corrected chi connectivity index (χ4v) is 4.29. The second-order valence-corrected chi connectivity index (χ2v) is 8.39. The largest absolute Gasteiger partial charge is 0.489 e. The van der Waals surface area contributed by atoms with E-state index in [0.717, 1.165) is 64.4 Å². The molecule has 1 unspecified atom stereocenters. The average Bonchev–Trinajstić information content (AvgIpc) is 3.41. The second kappa shape index (κ2) is 9.03. The molecule has 3 aliphatic rings. The predicted octanol–water partition coefficient (Wildman–Crippen LogP) is 2.36. The SMILES string of the molecule is CC(C)Oc1ccccc1N1CCN(CC2CC(C(=O)N3CCCC3)=NO2)CC1. The van der Waals surface area contributed by atoms with Crippen LogP contribution in [0, 0.1) is 0 Å². The number of likely N-dealkylation sites (tertiary alicyclic amines) is 1. The van der Waals surface area contributed by atoms with Crippen molar-refractivity contribution >= 4 is 17.3 Å². The molecule has 0 aliphatic carbocycles. The number of hydrogen-bond donors (Lipinski definition) is 0. The number of anilines is 1. The van der Waals surface area contributed by atoms with Gasteiger partial charge in [0.2, 0.25) is 0 Å². The van der Waals surface area contributed by atoms with Crippen LogP contribution in [-0.4, -0.2) is 79.4 Å². The first-order chi connectivity index (χ1) is 14.1.